The lowest BCUT2D eigenvalue weighted by Gasteiger charge is -2.31. The molecule has 0 aliphatic carbocycles. The summed E-state index contributed by atoms with van der Waals surface area (Å²) in [6, 6.07) is 38.9. The minimum absolute atomic E-state index is 0.0306. The minimum atomic E-state index is -2.05. The molecule has 0 N–H and O–H groups in total. The van der Waals surface area contributed by atoms with Gasteiger partial charge >= 0.3 is 29.8 Å². The molecule has 3 atom stereocenters. The molecule has 0 amide bonds. The third-order valence-electron chi connectivity index (χ3n) is 7.49. The molecule has 0 unspecified atom stereocenters. The van der Waals surface area contributed by atoms with Gasteiger partial charge < -0.3 is 23.7 Å². The van der Waals surface area contributed by atoms with Gasteiger partial charge in [0.05, 0.1) is 27.8 Å². The highest BCUT2D eigenvalue weighted by atomic mass is 16.6. The van der Waals surface area contributed by atoms with Crippen LogP contribution < -0.4 is 0 Å². The van der Waals surface area contributed by atoms with Crippen LogP contribution >= 0.6 is 0 Å². The van der Waals surface area contributed by atoms with Gasteiger partial charge in [0.25, 0.3) is 0 Å². The number of carbonyl (C=O) groups excluding carboxylic acids is 6. The molecule has 0 aliphatic rings. The Bertz CT molecular complexity index is 1970. The number of Topliss-reactive ketones (excluding diaryl/α,β-unsaturated/α-hetero) is 1. The fourth-order valence-corrected chi connectivity index (χ4v) is 4.84. The van der Waals surface area contributed by atoms with Crippen molar-refractivity contribution in [3.8, 4) is 0 Å². The fourth-order valence-electron chi connectivity index (χ4n) is 4.84. The molecular weight excluding hydrogens is 668 g/mol. The van der Waals surface area contributed by atoms with E-state index in [1.165, 1.54) is 60.7 Å². The van der Waals surface area contributed by atoms with Gasteiger partial charge in [0.2, 0.25) is 11.9 Å². The maximum absolute atomic E-state index is 14.0. The monoisotopic (exact) mass is 700 g/mol. The first-order chi connectivity index (χ1) is 25.3. The average Bonchev–Trinajstić information content (AvgIpc) is 3.21. The van der Waals surface area contributed by atoms with Crippen molar-refractivity contribution in [3.05, 3.63) is 179 Å². The summed E-state index contributed by atoms with van der Waals surface area (Å²) in [5, 5.41) is 0. The molecule has 0 fully saturated rings. The molecule has 11 heteroatoms. The Labute approximate surface area is 298 Å². The summed E-state index contributed by atoms with van der Waals surface area (Å²) < 4.78 is 28.1. The van der Waals surface area contributed by atoms with E-state index in [2.05, 4.69) is 0 Å². The topological polar surface area (TPSA) is 149 Å². The van der Waals surface area contributed by atoms with Crippen molar-refractivity contribution in [1.82, 2.24) is 0 Å². The summed E-state index contributed by atoms with van der Waals surface area (Å²) in [6.07, 6.45) is -5.72. The lowest BCUT2D eigenvalue weighted by Crippen LogP contribution is -2.52. The van der Waals surface area contributed by atoms with Gasteiger partial charge in [-0.2, -0.15) is 0 Å². The van der Waals surface area contributed by atoms with Crippen LogP contribution in [-0.2, 0) is 28.5 Å². The second kappa shape index (κ2) is 18.2. The highest BCUT2D eigenvalue weighted by Crippen LogP contribution is 2.21. The van der Waals surface area contributed by atoms with Crippen molar-refractivity contribution in [1.29, 1.82) is 0 Å². The Morgan fingerprint density at radius 2 is 0.712 bits per heavy atom. The van der Waals surface area contributed by atoms with Crippen molar-refractivity contribution in [3.63, 3.8) is 0 Å². The van der Waals surface area contributed by atoms with Crippen molar-refractivity contribution in [2.75, 3.05) is 13.2 Å². The van der Waals surface area contributed by atoms with Gasteiger partial charge in [0, 0.05) is 0 Å². The van der Waals surface area contributed by atoms with Gasteiger partial charge in [-0.25, -0.2) is 24.0 Å². The zero-order chi connectivity index (χ0) is 36.7. The molecule has 262 valence electrons. The van der Waals surface area contributed by atoms with Gasteiger partial charge in [-0.15, -0.1) is 0 Å². The molecule has 5 aromatic rings. The van der Waals surface area contributed by atoms with Crippen molar-refractivity contribution in [2.45, 2.75) is 18.3 Å². The largest absolute Gasteiger partial charge is 0.458 e. The Kier molecular flexibility index (Phi) is 12.7. The highest BCUT2D eigenvalue weighted by molar-refractivity contribution is 5.96. The molecule has 5 rings (SSSR count). The molecule has 0 heterocycles. The van der Waals surface area contributed by atoms with Crippen LogP contribution in [0.1, 0.15) is 51.8 Å². The summed E-state index contributed by atoms with van der Waals surface area (Å²) in [6.45, 7) is -1.70. The lowest BCUT2D eigenvalue weighted by atomic mass is 10.0. The van der Waals surface area contributed by atoms with Gasteiger partial charge in [-0.05, 0) is 60.7 Å². The number of esters is 5. The van der Waals surface area contributed by atoms with Crippen LogP contribution in [0.3, 0.4) is 0 Å². The zero-order valence-electron chi connectivity index (χ0n) is 27.6. The summed E-state index contributed by atoms with van der Waals surface area (Å²) in [5.41, 5.74) is 0.448. The van der Waals surface area contributed by atoms with E-state index >= 15 is 0 Å². The van der Waals surface area contributed by atoms with Crippen LogP contribution in [0, 0.1) is 0 Å². The second-order valence-corrected chi connectivity index (χ2v) is 11.1. The normalized spacial score (nSPS) is 12.2. The molecular formula is C41H32O11. The quantitative estimate of drug-likeness (QED) is 0.0943. The first-order valence-electron chi connectivity index (χ1n) is 16.1. The minimum Gasteiger partial charge on any atom is -0.458 e. The van der Waals surface area contributed by atoms with Crippen LogP contribution in [0.2, 0.25) is 0 Å². The lowest BCUT2D eigenvalue weighted by molar-refractivity contribution is -0.146. The third kappa shape index (κ3) is 10.1. The van der Waals surface area contributed by atoms with Crippen LogP contribution in [0.4, 0.5) is 0 Å². The molecule has 0 bridgehead atoms. The number of ether oxygens (including phenoxy) is 5. The van der Waals surface area contributed by atoms with Crippen LogP contribution in [0.15, 0.2) is 152 Å². The summed E-state index contributed by atoms with van der Waals surface area (Å²) in [5.74, 6) is -5.65. The first kappa shape index (κ1) is 36.4. The van der Waals surface area contributed by atoms with Gasteiger partial charge in [0.15, 0.2) is 18.8 Å². The van der Waals surface area contributed by atoms with E-state index < -0.39 is 67.2 Å². The Morgan fingerprint density at radius 1 is 0.385 bits per heavy atom. The van der Waals surface area contributed by atoms with Gasteiger partial charge in [-0.3, -0.25) is 4.79 Å². The van der Waals surface area contributed by atoms with Crippen molar-refractivity contribution >= 4 is 35.6 Å². The van der Waals surface area contributed by atoms with E-state index in [0.717, 1.165) is 0 Å². The Morgan fingerprint density at radius 3 is 1.12 bits per heavy atom. The zero-order valence-corrected chi connectivity index (χ0v) is 27.6. The predicted octanol–water partition coefficient (Wildman–Crippen LogP) is 5.95. The highest BCUT2D eigenvalue weighted by Gasteiger charge is 2.44. The maximum atomic E-state index is 14.0. The predicted molar refractivity (Wildman–Crippen MR) is 185 cm³/mol. The number of hydrogen-bond acceptors (Lipinski definition) is 11. The van der Waals surface area contributed by atoms with Gasteiger partial charge in [0.1, 0.15) is 6.61 Å². The van der Waals surface area contributed by atoms with Crippen LogP contribution in [0.25, 0.3) is 0 Å². The SMILES string of the molecule is O=C(OCC(=O)[C@@H](OC(=O)c1ccccc1)[C@H](OC(=O)c1ccccc1)[C@@H](COC(=O)c1ccccc1)OC(=O)c1ccccc1)c1ccccc1. The second-order valence-electron chi connectivity index (χ2n) is 11.1. The Hall–Kier alpha value is -6.88. The molecule has 0 saturated carbocycles. The molecule has 5 aromatic carbocycles. The van der Waals surface area contributed by atoms with Crippen LogP contribution in [-0.4, -0.2) is 67.2 Å². The van der Waals surface area contributed by atoms with E-state index in [1.807, 2.05) is 0 Å². The first-order valence-corrected chi connectivity index (χ1v) is 16.1. The molecule has 0 saturated heterocycles. The smallest absolute Gasteiger partial charge is 0.338 e. The summed E-state index contributed by atoms with van der Waals surface area (Å²) >= 11 is 0. The number of ketones is 1. The van der Waals surface area contributed by atoms with E-state index in [0.29, 0.717) is 0 Å². The number of hydrogen-bond donors (Lipinski definition) is 0. The summed E-state index contributed by atoms with van der Waals surface area (Å²) in [4.78, 5) is 80.5. The van der Waals surface area contributed by atoms with Crippen LogP contribution in [0.5, 0.6) is 0 Å². The number of carbonyl (C=O) groups is 6. The van der Waals surface area contributed by atoms with Crippen molar-refractivity contribution < 1.29 is 52.5 Å². The maximum Gasteiger partial charge on any atom is 0.338 e. The molecule has 0 radical (unpaired) electrons. The van der Waals surface area contributed by atoms with Gasteiger partial charge in [-0.1, -0.05) is 91.0 Å². The van der Waals surface area contributed by atoms with E-state index in [1.54, 1.807) is 91.0 Å². The Balaban J connectivity index is 1.54. The molecule has 0 aromatic heterocycles. The van der Waals surface area contributed by atoms with E-state index in [-0.39, 0.29) is 27.8 Å². The number of benzene rings is 5. The number of rotatable bonds is 15. The molecule has 0 aliphatic heterocycles. The molecule has 11 nitrogen and oxygen atoms in total. The average molecular weight is 701 g/mol. The standard InChI is InChI=1S/C41H32O11/c42-33(26-48-37(43)28-16-6-1-7-17-28)35(51-40(46)31-22-12-4-13-23-31)36(52-41(47)32-24-14-5-15-25-32)34(50-39(45)30-20-10-3-11-21-30)27-49-38(44)29-18-8-2-9-19-29/h1-25,34-36H,26-27H2/t34-,35-,36-/m1/s1. The van der Waals surface area contributed by atoms with Crippen molar-refractivity contribution in [2.24, 2.45) is 0 Å². The van der Waals surface area contributed by atoms with E-state index in [9.17, 15) is 28.8 Å². The third-order valence-corrected chi connectivity index (χ3v) is 7.49. The van der Waals surface area contributed by atoms with E-state index in [4.69, 9.17) is 23.7 Å². The molecule has 52 heavy (non-hydrogen) atoms. The molecule has 0 spiro atoms. The summed E-state index contributed by atoms with van der Waals surface area (Å²) in [7, 11) is 0. The fraction of sp³-hybridized carbons (Fsp3) is 0.122.